The third kappa shape index (κ3) is 5.37. The van der Waals surface area contributed by atoms with Gasteiger partial charge in [-0.15, -0.1) is 0 Å². The van der Waals surface area contributed by atoms with E-state index in [9.17, 15) is 0 Å². The van der Waals surface area contributed by atoms with Crippen molar-refractivity contribution in [1.29, 1.82) is 0 Å². The number of fused-ring (bicyclic) bond motifs is 15. The quantitative estimate of drug-likeness (QED) is 0.176. The van der Waals surface area contributed by atoms with E-state index in [0.717, 1.165) is 50.1 Å². The van der Waals surface area contributed by atoms with Crippen LogP contribution in [0.25, 0.3) is 66.1 Å². The summed E-state index contributed by atoms with van der Waals surface area (Å²) in [6.07, 6.45) is 0. The summed E-state index contributed by atoms with van der Waals surface area (Å²) in [5, 5.41) is 4.65. The third-order valence-electron chi connectivity index (χ3n) is 14.0. The minimum Gasteiger partial charge on any atom is -0.454 e. The van der Waals surface area contributed by atoms with Gasteiger partial charge in [0.1, 0.15) is 5.58 Å². The minimum absolute atomic E-state index is 0.0289. The van der Waals surface area contributed by atoms with E-state index in [1.54, 1.807) is 0 Å². The zero-order valence-corrected chi connectivity index (χ0v) is 36.8. The predicted octanol–water partition coefficient (Wildman–Crippen LogP) is 16.8. The van der Waals surface area contributed by atoms with Gasteiger partial charge in [0, 0.05) is 21.9 Å². The van der Waals surface area contributed by atoms with Crippen molar-refractivity contribution in [3.63, 3.8) is 0 Å². The van der Waals surface area contributed by atoms with Gasteiger partial charge in [0.05, 0.1) is 22.5 Å². The Hall–Kier alpha value is -7.16. The number of furan rings is 1. The summed E-state index contributed by atoms with van der Waals surface area (Å²) >= 11 is 0. The van der Waals surface area contributed by atoms with Crippen molar-refractivity contribution in [3.8, 4) is 33.4 Å². The van der Waals surface area contributed by atoms with E-state index in [2.05, 4.69) is 234 Å². The number of nitrogens with zero attached hydrogens (tertiary/aromatic N) is 1. The first-order valence-electron chi connectivity index (χ1n) is 22.3. The van der Waals surface area contributed by atoms with E-state index in [1.807, 2.05) is 0 Å². The molecular formula is C61H49NO. The Morgan fingerprint density at radius 2 is 0.984 bits per heavy atom. The molecule has 10 aromatic rings. The normalized spacial score (nSPS) is 13.7. The molecule has 0 atom stereocenters. The van der Waals surface area contributed by atoms with Crippen molar-refractivity contribution in [3.05, 3.63) is 221 Å². The van der Waals surface area contributed by atoms with Crippen molar-refractivity contribution in [2.75, 3.05) is 4.90 Å². The number of para-hydroxylation sites is 2. The lowest BCUT2D eigenvalue weighted by atomic mass is 9.69. The second-order valence-corrected chi connectivity index (χ2v) is 19.7. The van der Waals surface area contributed by atoms with Crippen molar-refractivity contribution in [1.82, 2.24) is 0 Å². The zero-order chi connectivity index (χ0) is 42.8. The molecule has 304 valence electrons. The van der Waals surface area contributed by atoms with Gasteiger partial charge in [-0.3, -0.25) is 0 Å². The second kappa shape index (κ2) is 13.4. The molecule has 9 aromatic carbocycles. The van der Waals surface area contributed by atoms with E-state index >= 15 is 0 Å². The molecule has 12 rings (SSSR count). The fraction of sp³-hybridized carbons (Fsp3) is 0.148. The fourth-order valence-electron chi connectivity index (χ4n) is 11.0. The second-order valence-electron chi connectivity index (χ2n) is 19.7. The number of hydrogen-bond donors (Lipinski definition) is 0. The summed E-state index contributed by atoms with van der Waals surface area (Å²) in [7, 11) is 0. The van der Waals surface area contributed by atoms with Crippen LogP contribution in [0.2, 0.25) is 0 Å². The van der Waals surface area contributed by atoms with Crippen molar-refractivity contribution in [2.45, 2.75) is 57.8 Å². The topological polar surface area (TPSA) is 16.4 Å². The third-order valence-corrected chi connectivity index (χ3v) is 14.0. The van der Waals surface area contributed by atoms with Crippen molar-refractivity contribution >= 4 is 49.8 Å². The van der Waals surface area contributed by atoms with Gasteiger partial charge < -0.3 is 9.32 Å². The number of rotatable bonds is 4. The van der Waals surface area contributed by atoms with Crippen LogP contribution < -0.4 is 4.90 Å². The summed E-state index contributed by atoms with van der Waals surface area (Å²) < 4.78 is 7.08. The van der Waals surface area contributed by atoms with Gasteiger partial charge in [-0.1, -0.05) is 205 Å². The first kappa shape index (κ1) is 37.6. The monoisotopic (exact) mass is 811 g/mol. The highest BCUT2D eigenvalue weighted by Gasteiger charge is 2.53. The number of anilines is 3. The molecule has 0 fully saturated rings. The summed E-state index contributed by atoms with van der Waals surface area (Å²) in [6.45, 7) is 14.0. The molecule has 1 spiro atoms. The maximum absolute atomic E-state index is 7.08. The van der Waals surface area contributed by atoms with E-state index < -0.39 is 5.41 Å². The molecule has 2 aliphatic rings. The van der Waals surface area contributed by atoms with Gasteiger partial charge in [-0.2, -0.15) is 0 Å². The molecule has 2 nitrogen and oxygen atoms in total. The van der Waals surface area contributed by atoms with Crippen molar-refractivity contribution < 1.29 is 4.42 Å². The van der Waals surface area contributed by atoms with Crippen LogP contribution in [0.3, 0.4) is 0 Å². The van der Waals surface area contributed by atoms with Crippen LogP contribution in [0.4, 0.5) is 17.1 Å². The van der Waals surface area contributed by atoms with E-state index in [1.165, 1.54) is 66.4 Å². The highest BCUT2D eigenvalue weighted by molar-refractivity contribution is 6.21. The van der Waals surface area contributed by atoms with E-state index in [-0.39, 0.29) is 10.8 Å². The predicted molar refractivity (Wildman–Crippen MR) is 265 cm³/mol. The van der Waals surface area contributed by atoms with Gasteiger partial charge in [0.15, 0.2) is 5.58 Å². The first-order chi connectivity index (χ1) is 30.5. The van der Waals surface area contributed by atoms with Crippen LogP contribution in [-0.4, -0.2) is 0 Å². The molecule has 2 heteroatoms. The molecule has 0 amide bonds. The molecule has 63 heavy (non-hydrogen) atoms. The van der Waals surface area contributed by atoms with Gasteiger partial charge in [0.2, 0.25) is 0 Å². The van der Waals surface area contributed by atoms with Gasteiger partial charge in [-0.05, 0) is 102 Å². The van der Waals surface area contributed by atoms with Gasteiger partial charge in [-0.25, -0.2) is 0 Å². The molecule has 0 bridgehead atoms. The lowest BCUT2D eigenvalue weighted by Crippen LogP contribution is -2.27. The highest BCUT2D eigenvalue weighted by Crippen LogP contribution is 2.65. The number of benzene rings is 9. The molecular weight excluding hydrogens is 763 g/mol. The summed E-state index contributed by atoms with van der Waals surface area (Å²) in [5.41, 5.74) is 19.9. The Morgan fingerprint density at radius 3 is 1.71 bits per heavy atom. The average Bonchev–Trinajstić information content (AvgIpc) is 3.94. The zero-order valence-electron chi connectivity index (χ0n) is 36.8. The molecule has 1 aromatic heterocycles. The summed E-state index contributed by atoms with van der Waals surface area (Å²) in [5.74, 6) is 0. The lowest BCUT2D eigenvalue weighted by molar-refractivity contribution is 0.586. The maximum Gasteiger partial charge on any atom is 0.159 e. The van der Waals surface area contributed by atoms with E-state index in [4.69, 9.17) is 4.42 Å². The molecule has 0 saturated heterocycles. The Labute approximate surface area is 370 Å². The first-order valence-corrected chi connectivity index (χ1v) is 22.3. The Balaban J connectivity index is 1.22. The van der Waals surface area contributed by atoms with Gasteiger partial charge in [0.25, 0.3) is 0 Å². The molecule has 1 heterocycles. The summed E-state index contributed by atoms with van der Waals surface area (Å²) in [6, 6.07) is 70.2. The van der Waals surface area contributed by atoms with Gasteiger partial charge >= 0.3 is 0 Å². The molecule has 0 saturated carbocycles. The Kier molecular flexibility index (Phi) is 8.01. The largest absolute Gasteiger partial charge is 0.454 e. The highest BCUT2D eigenvalue weighted by atomic mass is 16.3. The van der Waals surface area contributed by atoms with Crippen LogP contribution in [0, 0.1) is 0 Å². The average molecular weight is 812 g/mol. The van der Waals surface area contributed by atoms with Crippen LogP contribution in [-0.2, 0) is 16.2 Å². The fourth-order valence-corrected chi connectivity index (χ4v) is 11.0. The smallest absolute Gasteiger partial charge is 0.159 e. The minimum atomic E-state index is -0.538. The molecule has 0 N–H and O–H groups in total. The molecule has 0 aliphatic heterocycles. The summed E-state index contributed by atoms with van der Waals surface area (Å²) in [4.78, 5) is 2.50. The Bertz CT molecular complexity index is 3420. The maximum atomic E-state index is 7.08. The van der Waals surface area contributed by atoms with E-state index in [0.29, 0.717) is 0 Å². The molecule has 0 unspecified atom stereocenters. The lowest BCUT2D eigenvalue weighted by Gasteiger charge is -2.33. The van der Waals surface area contributed by atoms with Crippen LogP contribution in [0.5, 0.6) is 0 Å². The van der Waals surface area contributed by atoms with Crippen LogP contribution >= 0.6 is 0 Å². The standard InChI is InChI=1S/C61H49NO/c1-59(2,3)40-31-33-44-45-34-32-41(60(4,5)6)37-51(45)61(50(44)36-40)48-25-14-12-23-46(48)57-49(61)26-17-28-53(57)62(52-27-15-13-21-42(52)38-18-8-7-9-19-38)54-29-16-24-47-56-43-22-11-10-20-39(43)30-35-55(56)63-58(47)54/h7-37H,1-6H3. The molecule has 2 aliphatic carbocycles. The SMILES string of the molecule is CC(C)(C)c1ccc2c(c1)C1(c3cc(C(C)(C)C)ccc3-2)c2ccccc2-c2c(N(c3ccccc3-c3ccccc3)c3cccc4c3oc3ccc5ccccc5c34)cccc21. The Morgan fingerprint density at radius 1 is 0.413 bits per heavy atom. The molecule has 0 radical (unpaired) electrons. The van der Waals surface area contributed by atoms with Crippen LogP contribution in [0.15, 0.2) is 192 Å². The number of hydrogen-bond acceptors (Lipinski definition) is 2. The van der Waals surface area contributed by atoms with Crippen LogP contribution in [0.1, 0.15) is 74.9 Å². The van der Waals surface area contributed by atoms with Crippen molar-refractivity contribution in [2.24, 2.45) is 0 Å².